The molecule has 0 spiro atoms. The van der Waals surface area contributed by atoms with Gasteiger partial charge >= 0.3 is 0 Å². The summed E-state index contributed by atoms with van der Waals surface area (Å²) in [6, 6.07) is 8.27. The van der Waals surface area contributed by atoms with Crippen LogP contribution in [-0.4, -0.2) is 65.4 Å². The molecule has 1 aromatic carbocycles. The molecule has 1 aromatic rings. The number of hydrogen-bond donors (Lipinski definition) is 2. The number of hydrogen-bond acceptors (Lipinski definition) is 4. The van der Waals surface area contributed by atoms with Gasteiger partial charge < -0.3 is 25.0 Å². The fourth-order valence-electron chi connectivity index (χ4n) is 2.38. The van der Waals surface area contributed by atoms with Crippen molar-refractivity contribution in [3.8, 4) is 0 Å². The second-order valence-corrected chi connectivity index (χ2v) is 5.70. The van der Waals surface area contributed by atoms with Gasteiger partial charge in [-0.15, -0.1) is 0 Å². The molecule has 0 saturated heterocycles. The van der Waals surface area contributed by atoms with Gasteiger partial charge in [0, 0.05) is 54.1 Å². The molecular formula is C18H32N4O2. The highest BCUT2D eigenvalue weighted by atomic mass is 16.5. The van der Waals surface area contributed by atoms with Crippen molar-refractivity contribution in [1.29, 1.82) is 0 Å². The number of likely N-dealkylation sites (N-methyl/N-ethyl adjacent to an activating group) is 1. The summed E-state index contributed by atoms with van der Waals surface area (Å²) >= 11 is 0. The van der Waals surface area contributed by atoms with Gasteiger partial charge in [0.05, 0.1) is 6.61 Å². The molecule has 0 aliphatic rings. The molecular weight excluding hydrogens is 304 g/mol. The number of nitrogens with one attached hydrogen (secondary N) is 2. The maximum absolute atomic E-state index is 5.25. The molecule has 0 atom stereocenters. The average molecular weight is 336 g/mol. The van der Waals surface area contributed by atoms with Crippen LogP contribution in [0.2, 0.25) is 0 Å². The highest BCUT2D eigenvalue weighted by Gasteiger charge is 2.04. The molecule has 0 bridgehead atoms. The lowest BCUT2D eigenvalue weighted by Gasteiger charge is -2.18. The van der Waals surface area contributed by atoms with Gasteiger partial charge in [0.2, 0.25) is 0 Å². The Labute approximate surface area is 146 Å². The Balaban J connectivity index is 2.33. The maximum Gasteiger partial charge on any atom is 0.191 e. The Morgan fingerprint density at radius 2 is 1.83 bits per heavy atom. The molecule has 0 fully saturated rings. The standard InChI is InChI=1S/C18H32N4O2/c1-19-18(20-10-12-22(2)11-7-13-23-3)21-14-16-8-5-6-9-17(16)15-24-4/h5-6,8-9H,7,10-15H2,1-4H3,(H2,19,20,21). The van der Waals surface area contributed by atoms with Crippen molar-refractivity contribution < 1.29 is 9.47 Å². The second kappa shape index (κ2) is 12.8. The molecule has 0 aromatic heterocycles. The molecule has 1 rings (SSSR count). The molecule has 0 amide bonds. The van der Waals surface area contributed by atoms with E-state index in [4.69, 9.17) is 9.47 Å². The van der Waals surface area contributed by atoms with Crippen molar-refractivity contribution >= 4 is 5.96 Å². The van der Waals surface area contributed by atoms with Crippen LogP contribution in [0.3, 0.4) is 0 Å². The van der Waals surface area contributed by atoms with E-state index < -0.39 is 0 Å². The molecule has 0 heterocycles. The lowest BCUT2D eigenvalue weighted by Crippen LogP contribution is -2.40. The number of guanidine groups is 1. The van der Waals surface area contributed by atoms with E-state index in [1.54, 1.807) is 21.3 Å². The largest absolute Gasteiger partial charge is 0.385 e. The minimum absolute atomic E-state index is 0.621. The molecule has 0 saturated carbocycles. The number of ether oxygens (including phenoxy) is 2. The number of methoxy groups -OCH3 is 2. The van der Waals surface area contributed by atoms with Crippen LogP contribution in [-0.2, 0) is 22.6 Å². The first-order chi connectivity index (χ1) is 11.7. The first-order valence-corrected chi connectivity index (χ1v) is 8.39. The quantitative estimate of drug-likeness (QED) is 0.364. The minimum Gasteiger partial charge on any atom is -0.385 e. The van der Waals surface area contributed by atoms with E-state index in [2.05, 4.69) is 39.7 Å². The summed E-state index contributed by atoms with van der Waals surface area (Å²) in [7, 11) is 7.36. The maximum atomic E-state index is 5.25. The first kappa shape index (κ1) is 20.4. The zero-order chi connectivity index (χ0) is 17.6. The number of rotatable bonds is 11. The summed E-state index contributed by atoms with van der Waals surface area (Å²) < 4.78 is 10.3. The van der Waals surface area contributed by atoms with Gasteiger partial charge in [-0.3, -0.25) is 4.99 Å². The van der Waals surface area contributed by atoms with Gasteiger partial charge in [-0.1, -0.05) is 24.3 Å². The third-order valence-electron chi connectivity index (χ3n) is 3.76. The summed E-state index contributed by atoms with van der Waals surface area (Å²) in [6.45, 7) is 5.00. The molecule has 0 radical (unpaired) electrons. The second-order valence-electron chi connectivity index (χ2n) is 5.70. The minimum atomic E-state index is 0.621. The van der Waals surface area contributed by atoms with Crippen LogP contribution in [0.5, 0.6) is 0 Å². The van der Waals surface area contributed by atoms with Gasteiger partial charge in [-0.05, 0) is 24.6 Å². The third-order valence-corrected chi connectivity index (χ3v) is 3.76. The SMILES string of the molecule is CN=C(NCCN(C)CCCOC)NCc1ccccc1COC. The van der Waals surface area contributed by atoms with Gasteiger partial charge in [-0.2, -0.15) is 0 Å². The highest BCUT2D eigenvalue weighted by molar-refractivity contribution is 5.79. The highest BCUT2D eigenvalue weighted by Crippen LogP contribution is 2.09. The van der Waals surface area contributed by atoms with Crippen LogP contribution >= 0.6 is 0 Å². The summed E-state index contributed by atoms with van der Waals surface area (Å²) in [4.78, 5) is 6.56. The number of benzene rings is 1. The molecule has 24 heavy (non-hydrogen) atoms. The van der Waals surface area contributed by atoms with Crippen LogP contribution < -0.4 is 10.6 Å². The van der Waals surface area contributed by atoms with E-state index in [9.17, 15) is 0 Å². The number of aliphatic imine (C=N–C) groups is 1. The zero-order valence-corrected chi connectivity index (χ0v) is 15.5. The average Bonchev–Trinajstić information content (AvgIpc) is 2.59. The zero-order valence-electron chi connectivity index (χ0n) is 15.5. The van der Waals surface area contributed by atoms with E-state index in [0.717, 1.165) is 45.2 Å². The lowest BCUT2D eigenvalue weighted by molar-refractivity contribution is 0.180. The predicted octanol–water partition coefficient (Wildman–Crippen LogP) is 1.47. The Bertz CT molecular complexity index is 480. The van der Waals surface area contributed by atoms with Gasteiger partial charge in [0.1, 0.15) is 0 Å². The van der Waals surface area contributed by atoms with E-state index in [0.29, 0.717) is 6.61 Å². The van der Waals surface area contributed by atoms with Gasteiger partial charge in [0.15, 0.2) is 5.96 Å². The summed E-state index contributed by atoms with van der Waals surface area (Å²) in [6.07, 6.45) is 1.05. The lowest BCUT2D eigenvalue weighted by atomic mass is 10.1. The first-order valence-electron chi connectivity index (χ1n) is 8.39. The van der Waals surface area contributed by atoms with E-state index >= 15 is 0 Å². The normalized spacial score (nSPS) is 11.8. The van der Waals surface area contributed by atoms with Gasteiger partial charge in [0.25, 0.3) is 0 Å². The van der Waals surface area contributed by atoms with Crippen molar-refractivity contribution in [3.63, 3.8) is 0 Å². The molecule has 0 aliphatic carbocycles. The van der Waals surface area contributed by atoms with Crippen molar-refractivity contribution in [3.05, 3.63) is 35.4 Å². The van der Waals surface area contributed by atoms with E-state index in [-0.39, 0.29) is 0 Å². The van der Waals surface area contributed by atoms with Crippen molar-refractivity contribution in [2.24, 2.45) is 4.99 Å². The van der Waals surface area contributed by atoms with Crippen LogP contribution in [0.25, 0.3) is 0 Å². The fourth-order valence-corrected chi connectivity index (χ4v) is 2.38. The van der Waals surface area contributed by atoms with Gasteiger partial charge in [-0.25, -0.2) is 0 Å². The molecule has 0 aliphatic heterocycles. The van der Waals surface area contributed by atoms with Crippen LogP contribution in [0.4, 0.5) is 0 Å². The molecule has 2 N–H and O–H groups in total. The van der Waals surface area contributed by atoms with E-state index in [1.807, 2.05) is 12.1 Å². The monoisotopic (exact) mass is 336 g/mol. The Morgan fingerprint density at radius 3 is 2.50 bits per heavy atom. The summed E-state index contributed by atoms with van der Waals surface area (Å²) in [5.74, 6) is 0.813. The van der Waals surface area contributed by atoms with Crippen LogP contribution in [0.1, 0.15) is 17.5 Å². The van der Waals surface area contributed by atoms with Crippen LogP contribution in [0, 0.1) is 0 Å². The van der Waals surface area contributed by atoms with Crippen LogP contribution in [0.15, 0.2) is 29.3 Å². The van der Waals surface area contributed by atoms with Crippen molar-refractivity contribution in [2.45, 2.75) is 19.6 Å². The summed E-state index contributed by atoms with van der Waals surface area (Å²) in [5.41, 5.74) is 2.42. The summed E-state index contributed by atoms with van der Waals surface area (Å²) in [5, 5.41) is 6.70. The topological polar surface area (TPSA) is 58.1 Å². The molecule has 0 unspecified atom stereocenters. The van der Waals surface area contributed by atoms with Crippen molar-refractivity contribution in [1.82, 2.24) is 15.5 Å². The van der Waals surface area contributed by atoms with Crippen molar-refractivity contribution in [2.75, 3.05) is 54.6 Å². The molecule has 136 valence electrons. The third kappa shape index (κ3) is 8.29. The number of nitrogens with zero attached hydrogens (tertiary/aromatic N) is 2. The van der Waals surface area contributed by atoms with E-state index in [1.165, 1.54) is 11.1 Å². The molecule has 6 heteroatoms. The Morgan fingerprint density at radius 1 is 1.08 bits per heavy atom. The Hall–Kier alpha value is -1.63. The molecule has 6 nitrogen and oxygen atoms in total. The Kier molecular flexibility index (Phi) is 10.8. The smallest absolute Gasteiger partial charge is 0.191 e. The fraction of sp³-hybridized carbons (Fsp3) is 0.611. The predicted molar refractivity (Wildman–Crippen MR) is 99.3 cm³/mol.